The van der Waals surface area contributed by atoms with Crippen LogP contribution >= 0.6 is 0 Å². The van der Waals surface area contributed by atoms with Crippen molar-refractivity contribution in [1.82, 2.24) is 14.8 Å². The first-order valence-corrected chi connectivity index (χ1v) is 14.0. The summed E-state index contributed by atoms with van der Waals surface area (Å²) in [5.74, 6) is -1.13. The van der Waals surface area contributed by atoms with Crippen molar-refractivity contribution < 1.29 is 13.6 Å². The van der Waals surface area contributed by atoms with Gasteiger partial charge in [-0.3, -0.25) is 4.79 Å². The molecular weight excluding hydrogens is 492 g/mol. The minimum Gasteiger partial charge on any atom is -0.354 e. The molecule has 0 aliphatic heterocycles. The summed E-state index contributed by atoms with van der Waals surface area (Å²) in [4.78, 5) is 15.7. The van der Waals surface area contributed by atoms with Crippen LogP contribution in [-0.2, 0) is 11.3 Å². The molecule has 206 valence electrons. The number of hydrogen-bond acceptors (Lipinski definition) is 2. The maximum absolute atomic E-state index is 15.2. The van der Waals surface area contributed by atoms with Crippen LogP contribution in [-0.4, -0.2) is 41.1 Å². The van der Waals surface area contributed by atoms with E-state index in [1.54, 1.807) is 24.3 Å². The number of aromatic nitrogens is 1. The average molecular weight is 532 g/mol. The fourth-order valence-corrected chi connectivity index (χ4v) is 5.37. The molecule has 0 aliphatic carbocycles. The van der Waals surface area contributed by atoms with Gasteiger partial charge in [-0.25, -0.2) is 8.78 Å². The maximum Gasteiger partial charge on any atom is 0.221 e. The molecule has 1 aromatic heterocycles. The van der Waals surface area contributed by atoms with Crippen LogP contribution in [0.15, 0.2) is 79.0 Å². The molecule has 0 unspecified atom stereocenters. The van der Waals surface area contributed by atoms with Gasteiger partial charge in [0.15, 0.2) is 0 Å². The van der Waals surface area contributed by atoms with Gasteiger partial charge in [-0.05, 0) is 80.4 Å². The van der Waals surface area contributed by atoms with Gasteiger partial charge in [0.05, 0.1) is 0 Å². The number of carbonyl (C=O) groups is 1. The Morgan fingerprint density at radius 2 is 1.62 bits per heavy atom. The molecule has 4 aromatic rings. The summed E-state index contributed by atoms with van der Waals surface area (Å²) < 4.78 is 30.7. The second kappa shape index (κ2) is 13.5. The van der Waals surface area contributed by atoms with Crippen molar-refractivity contribution in [2.45, 2.75) is 58.5 Å². The molecule has 0 saturated carbocycles. The zero-order valence-electron chi connectivity index (χ0n) is 23.2. The lowest BCUT2D eigenvalue weighted by Crippen LogP contribution is -2.34. The van der Waals surface area contributed by atoms with E-state index in [2.05, 4.69) is 28.6 Å². The van der Waals surface area contributed by atoms with E-state index in [0.717, 1.165) is 54.5 Å². The van der Waals surface area contributed by atoms with Crippen molar-refractivity contribution >= 4 is 16.8 Å². The molecule has 0 bridgehead atoms. The van der Waals surface area contributed by atoms with Crippen molar-refractivity contribution in [2.75, 3.05) is 19.6 Å². The molecule has 0 radical (unpaired) electrons. The Morgan fingerprint density at radius 1 is 0.923 bits per heavy atom. The number of nitrogens with one attached hydrogen (secondary N) is 1. The molecule has 6 heteroatoms. The molecule has 1 N–H and O–H groups in total. The van der Waals surface area contributed by atoms with Gasteiger partial charge in [0, 0.05) is 42.0 Å². The molecule has 0 saturated heterocycles. The number of hydrogen-bond donors (Lipinski definition) is 1. The molecule has 39 heavy (non-hydrogen) atoms. The highest BCUT2D eigenvalue weighted by molar-refractivity contribution is 5.87. The smallest absolute Gasteiger partial charge is 0.221 e. The molecular formula is C33H39F2N3O. The number of para-hydroxylation sites is 1. The maximum atomic E-state index is 15.2. The predicted molar refractivity (Wildman–Crippen MR) is 155 cm³/mol. The number of rotatable bonds is 13. The number of benzene rings is 3. The normalized spacial score (nSPS) is 13.1. The van der Waals surface area contributed by atoms with Crippen molar-refractivity contribution in [3.05, 3.63) is 107 Å². The van der Waals surface area contributed by atoms with Gasteiger partial charge in [0.25, 0.3) is 0 Å². The minimum absolute atomic E-state index is 0.0363. The first-order chi connectivity index (χ1) is 18.9. The summed E-state index contributed by atoms with van der Waals surface area (Å²) in [5, 5.41) is 4.14. The van der Waals surface area contributed by atoms with E-state index in [1.165, 1.54) is 18.2 Å². The van der Waals surface area contributed by atoms with Crippen molar-refractivity contribution in [3.8, 4) is 0 Å². The molecule has 0 fully saturated rings. The molecule has 0 aliphatic rings. The Balaban J connectivity index is 1.60. The molecule has 0 spiro atoms. The SMILES string of the molecule is CCN(CC)CCC[C@@H](C)NC(=O)C[C@H](c1ccccc1F)c1cn(Cc2ccc(F)cc2)c2ccccc12. The lowest BCUT2D eigenvalue weighted by atomic mass is 9.87. The average Bonchev–Trinajstić information content (AvgIpc) is 3.29. The van der Waals surface area contributed by atoms with Gasteiger partial charge in [-0.15, -0.1) is 0 Å². The summed E-state index contributed by atoms with van der Waals surface area (Å²) in [5.41, 5.74) is 3.36. The molecule has 2 atom stereocenters. The highest BCUT2D eigenvalue weighted by atomic mass is 19.1. The molecule has 1 amide bonds. The van der Waals surface area contributed by atoms with Crippen LogP contribution in [0.1, 0.15) is 62.6 Å². The molecule has 4 nitrogen and oxygen atoms in total. The van der Waals surface area contributed by atoms with Crippen LogP contribution in [0.25, 0.3) is 10.9 Å². The standard InChI is InChI=1S/C33H39F2N3O/c1-4-37(5-2)20-10-11-24(3)36-33(39)21-29(27-12-6-8-14-31(27)35)30-23-38(32-15-9-7-13-28(30)32)22-25-16-18-26(34)19-17-25/h6-9,12-19,23-24,29H,4-5,10-11,20-22H2,1-3H3,(H,36,39)/t24-,29-/m1/s1. The van der Waals surface area contributed by atoms with E-state index in [9.17, 15) is 9.18 Å². The third-order valence-electron chi connectivity index (χ3n) is 7.54. The number of amides is 1. The van der Waals surface area contributed by atoms with Crippen LogP contribution in [0, 0.1) is 11.6 Å². The first-order valence-electron chi connectivity index (χ1n) is 14.0. The molecule has 4 rings (SSSR count). The summed E-state index contributed by atoms with van der Waals surface area (Å²) in [6, 6.07) is 21.2. The van der Waals surface area contributed by atoms with Crippen LogP contribution in [0.2, 0.25) is 0 Å². The van der Waals surface area contributed by atoms with E-state index in [1.807, 2.05) is 43.5 Å². The highest BCUT2D eigenvalue weighted by Crippen LogP contribution is 2.36. The summed E-state index contributed by atoms with van der Waals surface area (Å²) in [7, 11) is 0. The largest absolute Gasteiger partial charge is 0.354 e. The van der Waals surface area contributed by atoms with E-state index in [0.29, 0.717) is 12.1 Å². The second-order valence-electron chi connectivity index (χ2n) is 10.3. The van der Waals surface area contributed by atoms with Crippen LogP contribution in [0.5, 0.6) is 0 Å². The Hall–Kier alpha value is -3.51. The van der Waals surface area contributed by atoms with E-state index in [4.69, 9.17) is 0 Å². The van der Waals surface area contributed by atoms with Crippen LogP contribution in [0.3, 0.4) is 0 Å². The topological polar surface area (TPSA) is 37.3 Å². The van der Waals surface area contributed by atoms with Gasteiger partial charge in [-0.1, -0.05) is 62.4 Å². The van der Waals surface area contributed by atoms with Gasteiger partial charge < -0.3 is 14.8 Å². The van der Waals surface area contributed by atoms with Gasteiger partial charge in [-0.2, -0.15) is 0 Å². The second-order valence-corrected chi connectivity index (χ2v) is 10.3. The predicted octanol–water partition coefficient (Wildman–Crippen LogP) is 7.12. The van der Waals surface area contributed by atoms with E-state index < -0.39 is 5.92 Å². The summed E-state index contributed by atoms with van der Waals surface area (Å²) in [6.45, 7) is 9.96. The quantitative estimate of drug-likeness (QED) is 0.200. The zero-order valence-corrected chi connectivity index (χ0v) is 23.2. The number of carbonyl (C=O) groups excluding carboxylic acids is 1. The Kier molecular flexibility index (Phi) is 9.88. The fourth-order valence-electron chi connectivity index (χ4n) is 5.37. The van der Waals surface area contributed by atoms with Gasteiger partial charge in [0.1, 0.15) is 11.6 Å². The summed E-state index contributed by atoms with van der Waals surface area (Å²) in [6.07, 6.45) is 4.07. The number of nitrogens with zero attached hydrogens (tertiary/aromatic N) is 2. The van der Waals surface area contributed by atoms with Crippen molar-refractivity contribution in [2.24, 2.45) is 0 Å². The zero-order chi connectivity index (χ0) is 27.8. The van der Waals surface area contributed by atoms with Crippen molar-refractivity contribution in [3.63, 3.8) is 0 Å². The Bertz CT molecular complexity index is 1360. The van der Waals surface area contributed by atoms with Gasteiger partial charge >= 0.3 is 0 Å². The van der Waals surface area contributed by atoms with Crippen LogP contribution < -0.4 is 5.32 Å². The van der Waals surface area contributed by atoms with E-state index in [-0.39, 0.29) is 30.0 Å². The molecule has 3 aromatic carbocycles. The third-order valence-corrected chi connectivity index (χ3v) is 7.54. The van der Waals surface area contributed by atoms with Gasteiger partial charge in [0.2, 0.25) is 5.91 Å². The first kappa shape index (κ1) is 28.5. The number of fused-ring (bicyclic) bond motifs is 1. The summed E-state index contributed by atoms with van der Waals surface area (Å²) >= 11 is 0. The Labute approximate surface area is 230 Å². The highest BCUT2D eigenvalue weighted by Gasteiger charge is 2.25. The lowest BCUT2D eigenvalue weighted by molar-refractivity contribution is -0.121. The minimum atomic E-state index is -0.451. The lowest BCUT2D eigenvalue weighted by Gasteiger charge is -2.21. The molecule has 1 heterocycles. The Morgan fingerprint density at radius 3 is 2.33 bits per heavy atom. The third kappa shape index (κ3) is 7.33. The number of halogens is 2. The fraction of sp³-hybridized carbons (Fsp3) is 0.364. The van der Waals surface area contributed by atoms with Crippen molar-refractivity contribution in [1.29, 1.82) is 0 Å². The van der Waals surface area contributed by atoms with E-state index >= 15 is 4.39 Å². The monoisotopic (exact) mass is 531 g/mol. The van der Waals surface area contributed by atoms with Crippen LogP contribution in [0.4, 0.5) is 8.78 Å².